The molecule has 84 heavy (non-hydrogen) atoms. The minimum Gasteiger partial charge on any atom is -0.367 e. The maximum atomic E-state index is 14.1. The van der Waals surface area contributed by atoms with Crippen LogP contribution in [0.4, 0.5) is 30.6 Å². The number of aromatic nitrogens is 6. The Morgan fingerprint density at radius 1 is 0.548 bits per heavy atom. The smallest absolute Gasteiger partial charge is 0.162 e. The van der Waals surface area contributed by atoms with E-state index in [0.717, 1.165) is 39.3 Å². The summed E-state index contributed by atoms with van der Waals surface area (Å²) in [4.78, 5) is 29.9. The zero-order valence-electron chi connectivity index (χ0n) is 60.7. The number of hydrogen-bond donors (Lipinski definition) is 3. The molecule has 0 radical (unpaired) electrons. The quantitative estimate of drug-likeness (QED) is 0.104. The van der Waals surface area contributed by atoms with E-state index in [1.807, 2.05) is 17.0 Å². The van der Waals surface area contributed by atoms with E-state index >= 15 is 0 Å². The van der Waals surface area contributed by atoms with Crippen LogP contribution in [0.15, 0.2) is 73.4 Å². The lowest BCUT2D eigenvalue weighted by Gasteiger charge is -2.32. The topological polar surface area (TPSA) is 195 Å². The molecule has 6 aromatic heterocycles. The lowest BCUT2D eigenvalue weighted by atomic mass is 10.0. The highest BCUT2D eigenvalue weighted by molar-refractivity contribution is 7.23. The highest BCUT2D eigenvalue weighted by Gasteiger charge is 2.25. The Morgan fingerprint density at radius 2 is 0.881 bits per heavy atom. The summed E-state index contributed by atoms with van der Waals surface area (Å²) in [5.74, 6) is -1.81. The van der Waals surface area contributed by atoms with Gasteiger partial charge >= 0.3 is 0 Å². The molecule has 3 saturated heterocycles. The van der Waals surface area contributed by atoms with Gasteiger partial charge in [-0.25, -0.2) is 43.1 Å². The second kappa shape index (κ2) is 27.5. The van der Waals surface area contributed by atoms with Crippen molar-refractivity contribution >= 4 is 117 Å². The van der Waals surface area contributed by atoms with Gasteiger partial charge < -0.3 is 15.9 Å². The normalized spacial score (nSPS) is 23.1. The predicted molar refractivity (Wildman–Crippen MR) is 331 cm³/mol. The summed E-state index contributed by atoms with van der Waals surface area (Å²) in [6.45, 7) is 0.878. The third-order valence-electron chi connectivity index (χ3n) is 13.4. The van der Waals surface area contributed by atoms with E-state index < -0.39 is 68.4 Å². The van der Waals surface area contributed by atoms with Crippen LogP contribution < -0.4 is 15.9 Å². The third-order valence-corrected chi connectivity index (χ3v) is 16.7. The zero-order valence-corrected chi connectivity index (χ0v) is 49.4. The molecule has 0 saturated carbocycles. The van der Waals surface area contributed by atoms with Crippen molar-refractivity contribution in [2.24, 2.45) is 0 Å². The first-order valence-corrected chi connectivity index (χ1v) is 29.4. The molecule has 5 atom stereocenters. The van der Waals surface area contributed by atoms with Gasteiger partial charge in [-0.1, -0.05) is 53.0 Å². The fraction of sp³-hybridized carbons (Fsp3) is 0.350. The van der Waals surface area contributed by atoms with Gasteiger partial charge in [-0.05, 0) is 129 Å². The summed E-state index contributed by atoms with van der Waals surface area (Å²) in [5.41, 5.74) is 1.70. The summed E-state index contributed by atoms with van der Waals surface area (Å²) in [6, 6.07) is 10.4. The first-order valence-electron chi connectivity index (χ1n) is 34.0. The van der Waals surface area contributed by atoms with E-state index in [2.05, 4.69) is 29.9 Å². The van der Waals surface area contributed by atoms with Gasteiger partial charge in [0.2, 0.25) is 0 Å². The number of thiophene rings is 3. The van der Waals surface area contributed by atoms with Gasteiger partial charge in [-0.3, -0.25) is 14.7 Å². The molecular weight excluding hydrogens is 1190 g/mol. The van der Waals surface area contributed by atoms with Crippen molar-refractivity contribution in [2.45, 2.75) is 96.9 Å². The number of nitriles is 3. The number of benzene rings is 3. The van der Waals surface area contributed by atoms with E-state index in [-0.39, 0.29) is 136 Å². The van der Waals surface area contributed by atoms with Gasteiger partial charge in [-0.15, -0.1) is 34.0 Å². The number of rotatable bonds is 12. The molecular formula is C60H57Cl3F3N15S3. The molecule has 0 aliphatic carbocycles. The molecule has 0 spiro atoms. The monoisotopic (exact) mass is 1260 g/mol. The second-order valence-corrected chi connectivity index (χ2v) is 24.1. The zero-order chi connectivity index (χ0) is 73.0. The number of aryl methyl sites for hydroxylation is 3. The maximum absolute atomic E-state index is 14.1. The van der Waals surface area contributed by atoms with Crippen molar-refractivity contribution in [1.82, 2.24) is 44.6 Å². The first-order chi connectivity index (χ1) is 47.1. The number of hydrogen-bond acceptors (Lipinski definition) is 18. The molecule has 3 aliphatic rings. The summed E-state index contributed by atoms with van der Waals surface area (Å²) in [6.07, 6.45) is -0.0104. The largest absolute Gasteiger partial charge is 0.367 e. The Kier molecular flexibility index (Phi) is 14.0. The third kappa shape index (κ3) is 14.8. The Hall–Kier alpha value is -6.81. The van der Waals surface area contributed by atoms with Crippen LogP contribution in [0.2, 0.25) is 17.2 Å². The molecule has 3 aromatic carbocycles. The molecule has 3 fully saturated rings. The van der Waals surface area contributed by atoms with E-state index in [4.69, 9.17) is 67.4 Å². The Morgan fingerprint density at radius 3 is 1.25 bits per heavy atom. The van der Waals surface area contributed by atoms with Crippen molar-refractivity contribution < 1.29 is 35.2 Å². The Labute approximate surface area is 534 Å². The van der Waals surface area contributed by atoms with E-state index in [9.17, 15) is 18.4 Å². The number of halogens is 6. The molecule has 12 rings (SSSR count). The van der Waals surface area contributed by atoms with Crippen LogP contribution in [0, 0.1) is 72.2 Å². The number of likely N-dealkylation sites (tertiary alicyclic amines) is 3. The number of anilines is 3. The second-order valence-electron chi connectivity index (χ2n) is 19.3. The number of nitrogens with zero attached hydrogens (tertiary/aromatic N) is 12. The van der Waals surface area contributed by atoms with Gasteiger partial charge in [0.15, 0.2) is 4.24 Å². The number of fused-ring (bicyclic) bond motifs is 3. The fourth-order valence-corrected chi connectivity index (χ4v) is 12.2. The molecule has 9 aromatic rings. The summed E-state index contributed by atoms with van der Waals surface area (Å²) < 4.78 is 177. The Balaban J connectivity index is 0.000000162. The van der Waals surface area contributed by atoms with Crippen LogP contribution in [-0.4, -0.2) is 102 Å². The van der Waals surface area contributed by atoms with Crippen molar-refractivity contribution in [3.8, 4) is 18.2 Å². The summed E-state index contributed by atoms with van der Waals surface area (Å²) in [7, 11) is 0. The van der Waals surface area contributed by atoms with Crippen LogP contribution in [0.1, 0.15) is 106 Å². The molecule has 15 nitrogen and oxygen atoms in total. The van der Waals surface area contributed by atoms with Gasteiger partial charge in [0.1, 0.15) is 90.6 Å². The molecule has 24 heteroatoms. The molecule has 3 N–H and O–H groups in total. The van der Waals surface area contributed by atoms with Crippen LogP contribution >= 0.6 is 68.8 Å². The molecule has 3 aliphatic heterocycles. The van der Waals surface area contributed by atoms with E-state index in [1.165, 1.54) is 41.4 Å². The lowest BCUT2D eigenvalue weighted by molar-refractivity contribution is 0.211. The first kappa shape index (κ1) is 42.9. The van der Waals surface area contributed by atoms with Crippen LogP contribution in [0.5, 0.6) is 0 Å². The molecule has 0 bridgehead atoms. The Bertz CT molecular complexity index is 4770. The standard InChI is InChI=1S/3C20H19ClFN5S/c3*1-12-6-13(7-14(9-23)18(12)22)10-27-4-2-15(3-5-27)26-19-16-8-17(21)28-20(16)25-11-24-19/h3*6-8,11,15H,2-5,10H2,1H3,(H,24,25,26)/i4D,5D,8D,10D,11D,15D;8D,10D,11D,15D;8D,10D,11D/hD3. The molecule has 9 heterocycles. The van der Waals surface area contributed by atoms with Crippen molar-refractivity contribution in [3.05, 3.63) is 154 Å². The molecule has 432 valence electrons. The maximum Gasteiger partial charge on any atom is 0.162 e. The lowest BCUT2D eigenvalue weighted by Crippen LogP contribution is -2.38. The highest BCUT2D eigenvalue weighted by Crippen LogP contribution is 2.35. The van der Waals surface area contributed by atoms with Crippen LogP contribution in [-0.2, 0) is 19.6 Å². The summed E-state index contributed by atoms with van der Waals surface area (Å²) in [5, 5.41) is 31.1. The van der Waals surface area contributed by atoms with Gasteiger partial charge in [0.25, 0.3) is 0 Å². The summed E-state index contributed by atoms with van der Waals surface area (Å²) >= 11 is 21.3. The highest BCUT2D eigenvalue weighted by atomic mass is 35.5. The van der Waals surface area contributed by atoms with Crippen LogP contribution in [0.3, 0.4) is 0 Å². The average molecular weight is 1260 g/mol. The fourth-order valence-electron chi connectivity index (χ4n) is 9.28. The van der Waals surface area contributed by atoms with Crippen molar-refractivity contribution in [1.29, 1.82) is 15.8 Å². The van der Waals surface area contributed by atoms with Crippen molar-refractivity contribution in [3.63, 3.8) is 0 Å². The van der Waals surface area contributed by atoms with Gasteiger partial charge in [0.05, 0.1) is 52.7 Å². The number of nitrogens with one attached hydrogen (secondary N) is 3. The van der Waals surface area contributed by atoms with E-state index in [1.54, 1.807) is 36.9 Å². The van der Waals surface area contributed by atoms with Crippen LogP contribution in [0.25, 0.3) is 30.6 Å². The average Bonchev–Trinajstić information content (AvgIpc) is 1.40. The predicted octanol–water partition coefficient (Wildman–Crippen LogP) is 14.2. The minimum atomic E-state index is -1.83. The van der Waals surface area contributed by atoms with Gasteiger partial charge in [0, 0.05) is 83.7 Å². The molecule has 5 unspecified atom stereocenters. The SMILES string of the molecule is [2H]c1nc(N([2H])C2([2H])CC([2H])N(C([2H])c3cc(C)c(F)c(C#N)c3)C([2H])C2)c2c([2H])c(Cl)sc2n1.[2H]c1nc(N([2H])C2([2H])CCN(C([2H])c3cc(C)c(F)c(C#N)c3)CC2)c2c([2H])c(Cl)sc2n1.[2H]c1nc(N([2H])C2CCN(C([2H])c3cc(C)c(F)c(C#N)c3)CC2)c2c([2H])c(Cl)sc2n1. The van der Waals surface area contributed by atoms with E-state index in [0.29, 0.717) is 81.6 Å². The molecule has 0 amide bonds. The van der Waals surface area contributed by atoms with Crippen molar-refractivity contribution in [2.75, 3.05) is 55.2 Å². The number of piperidine rings is 3. The minimum absolute atomic E-state index is 0.00292. The van der Waals surface area contributed by atoms with Gasteiger partial charge in [-0.2, -0.15) is 15.8 Å².